The van der Waals surface area contributed by atoms with Crippen LogP contribution in [0.15, 0.2) is 40.6 Å². The largest absolute Gasteiger partial charge is 1.00 e. The van der Waals surface area contributed by atoms with Crippen LogP contribution in [0.25, 0.3) is 10.4 Å². The van der Waals surface area contributed by atoms with E-state index in [2.05, 4.69) is 19.5 Å². The van der Waals surface area contributed by atoms with E-state index >= 15 is 0 Å². The van der Waals surface area contributed by atoms with E-state index in [0.717, 1.165) is 5.56 Å². The van der Waals surface area contributed by atoms with Gasteiger partial charge in [0.15, 0.2) is 0 Å². The maximum absolute atomic E-state index is 10.5. The minimum Gasteiger partial charge on any atom is -0.714 e. The third-order valence-electron chi connectivity index (χ3n) is 2.16. The van der Waals surface area contributed by atoms with E-state index in [1.54, 1.807) is 0 Å². The molecule has 0 radical (unpaired) electrons. The molecule has 0 atom stereocenters. The average molecular weight is 368 g/mol. The zero-order chi connectivity index (χ0) is 15.6. The van der Waals surface area contributed by atoms with E-state index in [9.17, 15) is 13.0 Å². The van der Waals surface area contributed by atoms with E-state index in [4.69, 9.17) is 5.53 Å². The predicted molar refractivity (Wildman–Crippen MR) is 79.5 cm³/mol. The Labute approximate surface area is 175 Å². The first kappa shape index (κ1) is 21.9. The van der Waals surface area contributed by atoms with Crippen LogP contribution < -0.4 is 51.4 Å². The molecule has 114 valence electrons. The van der Waals surface area contributed by atoms with Gasteiger partial charge in [0.25, 0.3) is 10.4 Å². The first-order valence-corrected chi connectivity index (χ1v) is 8.22. The number of nitrogens with zero attached hydrogens (tertiary/aromatic N) is 4. The van der Waals surface area contributed by atoms with Crippen molar-refractivity contribution in [1.29, 1.82) is 0 Å². The summed E-state index contributed by atoms with van der Waals surface area (Å²) < 4.78 is 35.3. The Hall–Kier alpha value is -0.104. The molecule has 1 rings (SSSR count). The Bertz CT molecular complexity index is 618. The van der Waals surface area contributed by atoms with Crippen molar-refractivity contribution in [1.82, 2.24) is 0 Å². The van der Waals surface area contributed by atoms with Gasteiger partial charge in [-0.1, -0.05) is 40.6 Å². The van der Waals surface area contributed by atoms with Gasteiger partial charge in [-0.15, -0.1) is 11.8 Å². The van der Waals surface area contributed by atoms with Crippen molar-refractivity contribution >= 4 is 27.2 Å². The van der Waals surface area contributed by atoms with Crippen LogP contribution in [-0.2, 0) is 21.1 Å². The summed E-state index contributed by atoms with van der Waals surface area (Å²) in [6.45, 7) is 0.336. The molecule has 0 N–H and O–H groups in total. The summed E-state index contributed by atoms with van der Waals surface area (Å²) in [5, 5.41) is 7.13. The topological polar surface area (TPSA) is 128 Å². The maximum atomic E-state index is 10.5. The van der Waals surface area contributed by atoms with Crippen LogP contribution in [0.1, 0.15) is 12.0 Å². The van der Waals surface area contributed by atoms with Crippen LogP contribution >= 0.6 is 11.8 Å². The van der Waals surface area contributed by atoms with Crippen LogP contribution in [-0.4, -0.2) is 30.3 Å². The zero-order valence-electron chi connectivity index (χ0n) is 12.0. The van der Waals surface area contributed by atoms with Gasteiger partial charge in [-0.05, 0) is 23.3 Å². The molecule has 0 spiro atoms. The third kappa shape index (κ3) is 11.5. The second kappa shape index (κ2) is 12.3. The minimum absolute atomic E-state index is 0. The van der Waals surface area contributed by atoms with E-state index in [0.29, 0.717) is 30.2 Å². The molecule has 0 aliphatic rings. The van der Waals surface area contributed by atoms with E-state index in [1.165, 1.54) is 11.8 Å². The van der Waals surface area contributed by atoms with Gasteiger partial charge < -0.3 is 4.55 Å². The van der Waals surface area contributed by atoms with Crippen molar-refractivity contribution in [2.45, 2.75) is 12.8 Å². The monoisotopic (exact) mass is 368 g/mol. The van der Waals surface area contributed by atoms with Crippen molar-refractivity contribution in [3.05, 3.63) is 46.3 Å². The predicted octanol–water partition coefficient (Wildman–Crippen LogP) is -0.543. The smallest absolute Gasteiger partial charge is 0.714 e. The number of benzene rings is 1. The van der Waals surface area contributed by atoms with E-state index in [-0.39, 0.29) is 51.4 Å². The normalized spacial score (nSPS) is 11.2. The molecule has 0 saturated carbocycles. The van der Waals surface area contributed by atoms with Gasteiger partial charge in [0.05, 0.1) is 0 Å². The molecule has 1 aromatic rings. The average Bonchev–Trinajstić information content (AvgIpc) is 2.44. The Morgan fingerprint density at radius 1 is 1.36 bits per heavy atom. The Morgan fingerprint density at radius 3 is 2.64 bits per heavy atom. The van der Waals surface area contributed by atoms with Crippen LogP contribution in [0, 0.1) is 0 Å². The molecule has 0 aliphatic heterocycles. The quantitative estimate of drug-likeness (QED) is 0.0581. The molecule has 22 heavy (non-hydrogen) atoms. The van der Waals surface area contributed by atoms with E-state index in [1.807, 2.05) is 30.3 Å². The number of hydrogen-bond donors (Lipinski definition) is 0. The summed E-state index contributed by atoms with van der Waals surface area (Å²) in [5.74, 6) is 0.562. The number of oxime groups is 1. The number of rotatable bonds is 8. The van der Waals surface area contributed by atoms with Gasteiger partial charge in [0, 0.05) is 17.9 Å². The fraction of sp³-hybridized carbons (Fsp3) is 0.364. The van der Waals surface area contributed by atoms with Crippen molar-refractivity contribution in [3.8, 4) is 0 Å². The Balaban J connectivity index is 0.00000441. The summed E-state index contributed by atoms with van der Waals surface area (Å²) in [7, 11) is -4.87. The molecule has 11 heteroatoms. The van der Waals surface area contributed by atoms with Crippen molar-refractivity contribution in [2.75, 3.05) is 12.3 Å². The molecule has 0 heterocycles. The summed E-state index contributed by atoms with van der Waals surface area (Å²) in [4.78, 5) is 2.63. The fourth-order valence-corrected chi connectivity index (χ4v) is 2.43. The van der Waals surface area contributed by atoms with Crippen molar-refractivity contribution in [2.24, 2.45) is 10.3 Å². The zero-order valence-corrected chi connectivity index (χ0v) is 16.7. The first-order valence-electron chi connectivity index (χ1n) is 5.90. The molecule has 0 aliphatic carbocycles. The molecule has 1 aromatic carbocycles. The van der Waals surface area contributed by atoms with Gasteiger partial charge in [-0.25, -0.2) is 0 Å². The molecule has 0 amide bonds. The van der Waals surface area contributed by atoms with Gasteiger partial charge in [0.1, 0.15) is 5.04 Å². The van der Waals surface area contributed by atoms with Gasteiger partial charge in [-0.2, -0.15) is 8.42 Å². The summed E-state index contributed by atoms with van der Waals surface area (Å²) in [6.07, 6.45) is 0.954. The third-order valence-corrected chi connectivity index (χ3v) is 3.46. The number of hydrogen-bond acceptors (Lipinski definition) is 7. The molecule has 0 fully saturated rings. The number of thioether (sulfide) groups is 1. The van der Waals surface area contributed by atoms with E-state index < -0.39 is 10.4 Å². The molecule has 0 bridgehead atoms. The molecular weight excluding hydrogens is 355 g/mol. The summed E-state index contributed by atoms with van der Waals surface area (Å²) in [6, 6.07) is 9.23. The Kier molecular flexibility index (Phi) is 12.3. The van der Waals surface area contributed by atoms with Crippen LogP contribution in [0.5, 0.6) is 0 Å². The molecule has 0 unspecified atom stereocenters. The molecule has 8 nitrogen and oxygen atoms in total. The SMILES string of the molecule is [K+].[N-]=[N+]=NCCCS/C(Cc1ccccc1)=N/OS(=O)(=O)[O-]. The second-order valence-electron chi connectivity index (χ2n) is 3.79. The van der Waals surface area contributed by atoms with Crippen LogP contribution in [0.4, 0.5) is 0 Å². The molecular formula is C11H13KN4O4S2. The van der Waals surface area contributed by atoms with Crippen LogP contribution in [0.3, 0.4) is 0 Å². The molecule has 0 saturated heterocycles. The van der Waals surface area contributed by atoms with Crippen molar-refractivity contribution in [3.63, 3.8) is 0 Å². The van der Waals surface area contributed by atoms with Gasteiger partial charge in [0.2, 0.25) is 0 Å². The fourth-order valence-electron chi connectivity index (χ4n) is 1.34. The van der Waals surface area contributed by atoms with Crippen LogP contribution in [0.2, 0.25) is 0 Å². The minimum atomic E-state index is -4.87. The second-order valence-corrected chi connectivity index (χ2v) is 5.92. The van der Waals surface area contributed by atoms with Gasteiger partial charge in [-0.3, -0.25) is 4.28 Å². The summed E-state index contributed by atoms with van der Waals surface area (Å²) in [5.41, 5.74) is 9.06. The maximum Gasteiger partial charge on any atom is 1.00 e. The Morgan fingerprint density at radius 2 is 2.05 bits per heavy atom. The number of azide groups is 1. The van der Waals surface area contributed by atoms with Crippen molar-refractivity contribution < 1.29 is 68.6 Å². The first-order chi connectivity index (χ1) is 10.0. The molecule has 0 aromatic heterocycles. The standard InChI is InChI=1S/C11H14N4O4S2.K/c12-15-13-7-4-8-20-11(14-19-21(16,17)18)9-10-5-2-1-3-6-10;/h1-3,5-6H,4,7-9H2,(H,16,17,18);/q;+1/p-1/b14-11+;. The van der Waals surface area contributed by atoms with Gasteiger partial charge >= 0.3 is 51.4 Å². The summed E-state index contributed by atoms with van der Waals surface area (Å²) >= 11 is 1.25.